The van der Waals surface area contributed by atoms with Gasteiger partial charge in [-0.05, 0) is 33.1 Å². The lowest BCUT2D eigenvalue weighted by molar-refractivity contribution is -0.139. The molecule has 0 N–H and O–H groups in total. The zero-order valence-corrected chi connectivity index (χ0v) is 10.9. The summed E-state index contributed by atoms with van der Waals surface area (Å²) in [6.45, 7) is 4.63. The van der Waals surface area contributed by atoms with Gasteiger partial charge in [0.25, 0.3) is 10.1 Å². The SMILES string of the molecule is CC1(C)OCC(CCCCOS(C)(=O)=O)O1. The van der Waals surface area contributed by atoms with Crippen LogP contribution in [0, 0.1) is 0 Å². The summed E-state index contributed by atoms with van der Waals surface area (Å²) in [6.07, 6.45) is 3.64. The number of hydrogen-bond donors (Lipinski definition) is 0. The van der Waals surface area contributed by atoms with Gasteiger partial charge in [-0.1, -0.05) is 0 Å². The maximum absolute atomic E-state index is 10.7. The molecule has 1 fully saturated rings. The lowest BCUT2D eigenvalue weighted by Crippen LogP contribution is -2.21. The Morgan fingerprint density at radius 1 is 1.38 bits per heavy atom. The van der Waals surface area contributed by atoms with E-state index in [1.807, 2.05) is 13.8 Å². The summed E-state index contributed by atoms with van der Waals surface area (Å²) in [6, 6.07) is 0. The third kappa shape index (κ3) is 5.79. The van der Waals surface area contributed by atoms with Crippen molar-refractivity contribution in [3.63, 3.8) is 0 Å². The van der Waals surface area contributed by atoms with E-state index in [-0.39, 0.29) is 12.7 Å². The van der Waals surface area contributed by atoms with Crippen molar-refractivity contribution in [2.45, 2.75) is 45.0 Å². The van der Waals surface area contributed by atoms with Crippen molar-refractivity contribution < 1.29 is 22.1 Å². The molecule has 1 saturated heterocycles. The molecule has 1 heterocycles. The molecule has 1 unspecified atom stereocenters. The Balaban J connectivity index is 2.05. The van der Waals surface area contributed by atoms with Gasteiger partial charge in [-0.2, -0.15) is 8.42 Å². The van der Waals surface area contributed by atoms with Crippen LogP contribution >= 0.6 is 0 Å². The molecular weight excluding hydrogens is 232 g/mol. The molecule has 5 nitrogen and oxygen atoms in total. The first-order chi connectivity index (χ1) is 7.29. The Morgan fingerprint density at radius 3 is 2.56 bits per heavy atom. The van der Waals surface area contributed by atoms with E-state index in [1.165, 1.54) is 0 Å². The van der Waals surface area contributed by atoms with E-state index in [0.29, 0.717) is 13.0 Å². The fourth-order valence-electron chi connectivity index (χ4n) is 1.59. The van der Waals surface area contributed by atoms with Crippen LogP contribution in [0.15, 0.2) is 0 Å². The van der Waals surface area contributed by atoms with Gasteiger partial charge in [0, 0.05) is 0 Å². The zero-order chi connectivity index (χ0) is 12.2. The Morgan fingerprint density at radius 2 is 2.06 bits per heavy atom. The van der Waals surface area contributed by atoms with E-state index in [9.17, 15) is 8.42 Å². The predicted molar refractivity (Wildman–Crippen MR) is 59.6 cm³/mol. The molecule has 0 saturated carbocycles. The lowest BCUT2D eigenvalue weighted by atomic mass is 10.2. The number of rotatable bonds is 6. The summed E-state index contributed by atoms with van der Waals surface area (Å²) >= 11 is 0. The highest BCUT2D eigenvalue weighted by atomic mass is 32.2. The molecule has 0 bridgehead atoms. The van der Waals surface area contributed by atoms with Crippen molar-refractivity contribution >= 4 is 10.1 Å². The molecule has 1 aliphatic heterocycles. The summed E-state index contributed by atoms with van der Waals surface area (Å²) in [5.74, 6) is -0.478. The Labute approximate surface area is 97.2 Å². The molecule has 96 valence electrons. The van der Waals surface area contributed by atoms with Gasteiger partial charge in [0.05, 0.1) is 25.6 Å². The average molecular weight is 252 g/mol. The monoisotopic (exact) mass is 252 g/mol. The van der Waals surface area contributed by atoms with Gasteiger partial charge in [0.1, 0.15) is 0 Å². The van der Waals surface area contributed by atoms with E-state index in [4.69, 9.17) is 9.47 Å². The third-order valence-electron chi connectivity index (χ3n) is 2.29. The van der Waals surface area contributed by atoms with Crippen LogP contribution in [0.2, 0.25) is 0 Å². The second-order valence-corrected chi connectivity index (χ2v) is 6.12. The molecule has 0 amide bonds. The van der Waals surface area contributed by atoms with Gasteiger partial charge in [-0.25, -0.2) is 0 Å². The Hall–Kier alpha value is -0.170. The van der Waals surface area contributed by atoms with Gasteiger partial charge in [0.2, 0.25) is 0 Å². The molecule has 1 rings (SSSR count). The summed E-state index contributed by atoms with van der Waals surface area (Å²) in [7, 11) is -3.30. The number of hydrogen-bond acceptors (Lipinski definition) is 5. The van der Waals surface area contributed by atoms with Crippen LogP contribution < -0.4 is 0 Å². The van der Waals surface area contributed by atoms with Gasteiger partial charge in [-0.3, -0.25) is 4.18 Å². The van der Waals surface area contributed by atoms with Crippen molar-refractivity contribution in [2.75, 3.05) is 19.5 Å². The maximum Gasteiger partial charge on any atom is 0.264 e. The Kier molecular flexibility index (Phi) is 4.73. The molecule has 0 radical (unpaired) electrons. The molecule has 1 atom stereocenters. The summed E-state index contributed by atoms with van der Waals surface area (Å²) < 4.78 is 37.0. The van der Waals surface area contributed by atoms with Crippen LogP contribution in [0.1, 0.15) is 33.1 Å². The largest absolute Gasteiger partial charge is 0.348 e. The highest BCUT2D eigenvalue weighted by Crippen LogP contribution is 2.25. The van der Waals surface area contributed by atoms with E-state index in [2.05, 4.69) is 4.18 Å². The molecule has 0 aromatic carbocycles. The lowest BCUT2D eigenvalue weighted by Gasteiger charge is -2.16. The van der Waals surface area contributed by atoms with Gasteiger partial charge in [-0.15, -0.1) is 0 Å². The van der Waals surface area contributed by atoms with Crippen LogP contribution in [0.4, 0.5) is 0 Å². The smallest absolute Gasteiger partial charge is 0.264 e. The van der Waals surface area contributed by atoms with Crippen LogP contribution in [0.3, 0.4) is 0 Å². The van der Waals surface area contributed by atoms with Crippen molar-refractivity contribution in [1.82, 2.24) is 0 Å². The first kappa shape index (κ1) is 13.9. The summed E-state index contributed by atoms with van der Waals surface area (Å²) in [5.41, 5.74) is 0. The fourth-order valence-corrected chi connectivity index (χ4v) is 2.01. The van der Waals surface area contributed by atoms with E-state index < -0.39 is 15.9 Å². The number of unbranched alkanes of at least 4 members (excludes halogenated alkanes) is 1. The van der Waals surface area contributed by atoms with Gasteiger partial charge < -0.3 is 9.47 Å². The zero-order valence-electron chi connectivity index (χ0n) is 10.1. The average Bonchev–Trinajstić information content (AvgIpc) is 2.43. The van der Waals surface area contributed by atoms with Gasteiger partial charge in [0.15, 0.2) is 5.79 Å². The van der Waals surface area contributed by atoms with Crippen molar-refractivity contribution in [1.29, 1.82) is 0 Å². The third-order valence-corrected chi connectivity index (χ3v) is 2.88. The first-order valence-electron chi connectivity index (χ1n) is 5.45. The minimum absolute atomic E-state index is 0.119. The minimum Gasteiger partial charge on any atom is -0.348 e. The topological polar surface area (TPSA) is 61.8 Å². The fraction of sp³-hybridized carbons (Fsp3) is 1.00. The highest BCUT2D eigenvalue weighted by Gasteiger charge is 2.31. The molecule has 1 aliphatic rings. The number of ether oxygens (including phenoxy) is 2. The molecule has 0 aromatic rings. The van der Waals surface area contributed by atoms with E-state index >= 15 is 0 Å². The molecule has 0 aliphatic carbocycles. The summed E-state index contributed by atoms with van der Waals surface area (Å²) in [5, 5.41) is 0. The predicted octanol–water partition coefficient (Wildman–Crippen LogP) is 1.28. The molecular formula is C10H20O5S. The standard InChI is InChI=1S/C10H20O5S/c1-10(2)13-8-9(15-10)6-4-5-7-14-16(3,11)12/h9H,4-8H2,1-3H3. The molecule has 16 heavy (non-hydrogen) atoms. The summed E-state index contributed by atoms with van der Waals surface area (Å²) in [4.78, 5) is 0. The first-order valence-corrected chi connectivity index (χ1v) is 7.26. The second-order valence-electron chi connectivity index (χ2n) is 4.47. The minimum atomic E-state index is -3.30. The maximum atomic E-state index is 10.7. The molecule has 6 heteroatoms. The van der Waals surface area contributed by atoms with E-state index in [1.54, 1.807) is 0 Å². The van der Waals surface area contributed by atoms with Crippen LogP contribution in [0.25, 0.3) is 0 Å². The Bertz CT molecular complexity index is 309. The molecule has 0 aromatic heterocycles. The highest BCUT2D eigenvalue weighted by molar-refractivity contribution is 7.85. The van der Waals surface area contributed by atoms with Crippen LogP contribution in [-0.4, -0.2) is 39.8 Å². The van der Waals surface area contributed by atoms with Crippen LogP contribution in [-0.2, 0) is 23.8 Å². The van der Waals surface area contributed by atoms with Crippen molar-refractivity contribution in [3.05, 3.63) is 0 Å². The van der Waals surface area contributed by atoms with E-state index in [0.717, 1.165) is 19.1 Å². The second kappa shape index (κ2) is 5.44. The van der Waals surface area contributed by atoms with Gasteiger partial charge >= 0.3 is 0 Å². The normalized spacial score (nSPS) is 24.8. The quantitative estimate of drug-likeness (QED) is 0.526. The van der Waals surface area contributed by atoms with Crippen molar-refractivity contribution in [3.8, 4) is 0 Å². The molecule has 0 spiro atoms. The van der Waals surface area contributed by atoms with Crippen molar-refractivity contribution in [2.24, 2.45) is 0 Å². The van der Waals surface area contributed by atoms with Crippen LogP contribution in [0.5, 0.6) is 0 Å².